The number of ether oxygens (including phenoxy) is 2. The first-order valence-corrected chi connectivity index (χ1v) is 10.3. The Morgan fingerprint density at radius 3 is 2.83 bits per heavy atom. The van der Waals surface area contributed by atoms with Crippen molar-refractivity contribution in [1.29, 1.82) is 5.26 Å². The molecule has 0 aliphatic carbocycles. The molecule has 1 aromatic heterocycles. The predicted octanol–water partition coefficient (Wildman–Crippen LogP) is 4.84. The van der Waals surface area contributed by atoms with Crippen LogP contribution in [-0.4, -0.2) is 16.2 Å². The summed E-state index contributed by atoms with van der Waals surface area (Å²) >= 11 is 0. The monoisotopic (exact) mass is 402 g/mol. The molecule has 2 heterocycles. The van der Waals surface area contributed by atoms with Gasteiger partial charge in [0.05, 0.1) is 30.4 Å². The van der Waals surface area contributed by atoms with Crippen LogP contribution in [-0.2, 0) is 18.4 Å². The number of aryl methyl sites for hydroxylation is 1. The number of nitrogens with two attached hydrogens (primary N) is 1. The standard InChI is InChI=1S/C24H26N4O2/c1-28-16-27-14-22(28)20-9-6-17-11-24(20)30-23-12-18(7-8-19(23)13-25)21(26)5-3-2-4-10-29-15-17/h6-9,11-12,14,16,21H,2-5,10,15,26H2,1H3. The molecule has 2 N–H and O–H groups in total. The fraction of sp³-hybridized carbons (Fsp3) is 0.333. The molecule has 0 spiro atoms. The molecule has 2 aromatic carbocycles. The van der Waals surface area contributed by atoms with Crippen LogP contribution in [0.25, 0.3) is 11.3 Å². The number of imidazole rings is 1. The molecular weight excluding hydrogens is 376 g/mol. The van der Waals surface area contributed by atoms with Crippen molar-refractivity contribution in [2.24, 2.45) is 12.8 Å². The topological polar surface area (TPSA) is 86.1 Å². The van der Waals surface area contributed by atoms with Crippen LogP contribution in [0.5, 0.6) is 11.5 Å². The second kappa shape index (κ2) is 9.12. The van der Waals surface area contributed by atoms with E-state index >= 15 is 0 Å². The Balaban J connectivity index is 1.81. The van der Waals surface area contributed by atoms with E-state index in [0.717, 1.165) is 54.7 Å². The van der Waals surface area contributed by atoms with Crippen LogP contribution in [0.3, 0.4) is 0 Å². The van der Waals surface area contributed by atoms with E-state index in [1.165, 1.54) is 0 Å². The van der Waals surface area contributed by atoms with Crippen molar-refractivity contribution >= 4 is 0 Å². The highest BCUT2D eigenvalue weighted by molar-refractivity contribution is 5.69. The van der Waals surface area contributed by atoms with Crippen molar-refractivity contribution < 1.29 is 9.47 Å². The number of benzene rings is 2. The lowest BCUT2D eigenvalue weighted by Gasteiger charge is -2.17. The van der Waals surface area contributed by atoms with Crippen LogP contribution >= 0.6 is 0 Å². The average Bonchev–Trinajstić information content (AvgIpc) is 3.18. The summed E-state index contributed by atoms with van der Waals surface area (Å²) < 4.78 is 14.1. The molecule has 0 fully saturated rings. The first kappa shape index (κ1) is 20.1. The number of rotatable bonds is 1. The van der Waals surface area contributed by atoms with Crippen LogP contribution in [0, 0.1) is 11.3 Å². The minimum atomic E-state index is -0.0889. The first-order chi connectivity index (χ1) is 14.7. The summed E-state index contributed by atoms with van der Waals surface area (Å²) in [5, 5.41) is 9.62. The third kappa shape index (κ3) is 4.38. The van der Waals surface area contributed by atoms with Crippen molar-refractivity contribution in [2.45, 2.75) is 38.3 Å². The van der Waals surface area contributed by atoms with Gasteiger partial charge in [0.2, 0.25) is 0 Å². The Morgan fingerprint density at radius 1 is 1.13 bits per heavy atom. The van der Waals surface area contributed by atoms with Crippen LogP contribution in [0.4, 0.5) is 0 Å². The molecule has 3 aromatic rings. The van der Waals surface area contributed by atoms with Crippen molar-refractivity contribution in [1.82, 2.24) is 9.55 Å². The van der Waals surface area contributed by atoms with Crippen LogP contribution in [0.15, 0.2) is 48.9 Å². The van der Waals surface area contributed by atoms with Gasteiger partial charge in [0, 0.05) is 25.3 Å². The highest BCUT2D eigenvalue weighted by atomic mass is 16.5. The van der Waals surface area contributed by atoms with E-state index in [1.807, 2.05) is 41.9 Å². The van der Waals surface area contributed by atoms with Gasteiger partial charge in [-0.05, 0) is 48.2 Å². The maximum Gasteiger partial charge on any atom is 0.145 e. The van der Waals surface area contributed by atoms with Crippen LogP contribution < -0.4 is 10.5 Å². The van der Waals surface area contributed by atoms with E-state index < -0.39 is 0 Å². The van der Waals surface area contributed by atoms with Crippen LogP contribution in [0.1, 0.15) is 48.4 Å². The number of aromatic nitrogens is 2. The van der Waals surface area contributed by atoms with E-state index in [0.29, 0.717) is 23.7 Å². The maximum absolute atomic E-state index is 9.62. The molecule has 154 valence electrons. The Bertz CT molecular complexity index is 1070. The summed E-state index contributed by atoms with van der Waals surface area (Å²) in [4.78, 5) is 4.23. The Morgan fingerprint density at radius 2 is 2.03 bits per heavy atom. The van der Waals surface area contributed by atoms with E-state index in [-0.39, 0.29) is 6.04 Å². The first-order valence-electron chi connectivity index (χ1n) is 10.3. The lowest BCUT2D eigenvalue weighted by atomic mass is 9.99. The SMILES string of the molecule is Cn1cncc1-c1ccc2cc1Oc1cc(ccc1C#N)C(N)CCCCCOC2. The second-order valence-electron chi connectivity index (χ2n) is 7.70. The Kier molecular flexibility index (Phi) is 6.12. The molecule has 1 aliphatic rings. The summed E-state index contributed by atoms with van der Waals surface area (Å²) in [5.74, 6) is 1.18. The zero-order chi connectivity index (χ0) is 20.9. The molecule has 0 saturated heterocycles. The van der Waals surface area contributed by atoms with E-state index in [1.54, 1.807) is 18.6 Å². The highest BCUT2D eigenvalue weighted by Gasteiger charge is 2.16. The molecule has 6 nitrogen and oxygen atoms in total. The van der Waals surface area contributed by atoms with Gasteiger partial charge in [-0.15, -0.1) is 0 Å². The molecule has 4 rings (SSSR count). The maximum atomic E-state index is 9.62. The van der Waals surface area contributed by atoms with Gasteiger partial charge in [-0.25, -0.2) is 4.98 Å². The summed E-state index contributed by atoms with van der Waals surface area (Å²) in [5.41, 5.74) is 10.7. The number of hydrogen-bond donors (Lipinski definition) is 1. The van der Waals surface area contributed by atoms with Gasteiger partial charge >= 0.3 is 0 Å². The number of fused-ring (bicyclic) bond motifs is 4. The van der Waals surface area contributed by atoms with E-state index in [4.69, 9.17) is 15.2 Å². The van der Waals surface area contributed by atoms with Crippen molar-refractivity contribution in [3.63, 3.8) is 0 Å². The molecule has 30 heavy (non-hydrogen) atoms. The van der Waals surface area contributed by atoms with Crippen molar-refractivity contribution in [3.8, 4) is 28.8 Å². The second-order valence-corrected chi connectivity index (χ2v) is 7.70. The van der Waals surface area contributed by atoms with E-state index in [9.17, 15) is 5.26 Å². The van der Waals surface area contributed by atoms with Gasteiger partial charge in [-0.2, -0.15) is 5.26 Å². The number of nitriles is 1. The number of nitrogens with zero attached hydrogens (tertiary/aromatic N) is 3. The summed E-state index contributed by atoms with van der Waals surface area (Å²) in [6, 6.07) is 13.8. The van der Waals surface area contributed by atoms with Gasteiger partial charge in [-0.3, -0.25) is 0 Å². The van der Waals surface area contributed by atoms with Crippen molar-refractivity contribution in [3.05, 3.63) is 65.6 Å². The molecule has 0 amide bonds. The van der Waals surface area contributed by atoms with Gasteiger partial charge in [0.15, 0.2) is 0 Å². The van der Waals surface area contributed by atoms with E-state index in [2.05, 4.69) is 11.1 Å². The lowest BCUT2D eigenvalue weighted by molar-refractivity contribution is 0.116. The Hall–Kier alpha value is -3.14. The molecule has 1 atom stereocenters. The van der Waals surface area contributed by atoms with Gasteiger partial charge < -0.3 is 19.8 Å². The summed E-state index contributed by atoms with van der Waals surface area (Å²) in [6.07, 6.45) is 7.59. The van der Waals surface area contributed by atoms with Crippen LogP contribution in [0.2, 0.25) is 0 Å². The summed E-state index contributed by atoms with van der Waals surface area (Å²) in [7, 11) is 1.94. The molecule has 0 radical (unpaired) electrons. The normalized spacial score (nSPS) is 17.3. The van der Waals surface area contributed by atoms with Crippen molar-refractivity contribution in [2.75, 3.05) is 6.61 Å². The average molecular weight is 402 g/mol. The molecule has 1 aliphatic heterocycles. The number of hydrogen-bond acceptors (Lipinski definition) is 5. The van der Waals surface area contributed by atoms with Gasteiger partial charge in [-0.1, -0.05) is 25.0 Å². The molecule has 0 saturated carbocycles. The fourth-order valence-electron chi connectivity index (χ4n) is 3.74. The zero-order valence-corrected chi connectivity index (χ0v) is 17.2. The third-order valence-corrected chi connectivity index (χ3v) is 5.49. The minimum absolute atomic E-state index is 0.0889. The summed E-state index contributed by atoms with van der Waals surface area (Å²) in [6.45, 7) is 1.24. The Labute approximate surface area is 176 Å². The zero-order valence-electron chi connectivity index (χ0n) is 17.2. The lowest BCUT2D eigenvalue weighted by Crippen LogP contribution is -2.10. The molecule has 6 heteroatoms. The predicted molar refractivity (Wildman–Crippen MR) is 115 cm³/mol. The smallest absolute Gasteiger partial charge is 0.145 e. The highest BCUT2D eigenvalue weighted by Crippen LogP contribution is 2.36. The van der Waals surface area contributed by atoms with Gasteiger partial charge in [0.25, 0.3) is 0 Å². The fourth-order valence-corrected chi connectivity index (χ4v) is 3.74. The molecule has 4 bridgehead atoms. The molecule has 1 unspecified atom stereocenters. The van der Waals surface area contributed by atoms with Gasteiger partial charge in [0.1, 0.15) is 17.6 Å². The minimum Gasteiger partial charge on any atom is -0.455 e. The quantitative estimate of drug-likeness (QED) is 0.629. The molecular formula is C24H26N4O2. The third-order valence-electron chi connectivity index (χ3n) is 5.49. The largest absolute Gasteiger partial charge is 0.455 e.